The van der Waals surface area contributed by atoms with E-state index in [4.69, 9.17) is 43.1 Å². The van der Waals surface area contributed by atoms with Gasteiger partial charge in [0.05, 0.1) is 70.6 Å². The number of primary amides is 1. The predicted molar refractivity (Wildman–Crippen MR) is 203 cm³/mol. The Morgan fingerprint density at radius 3 is 1.53 bits per heavy atom. The summed E-state index contributed by atoms with van der Waals surface area (Å²) in [5, 5.41) is 0.993. The van der Waals surface area contributed by atoms with Crippen LogP contribution in [0.15, 0.2) is 97.8 Å². The molecule has 0 fully saturated rings. The van der Waals surface area contributed by atoms with Crippen LogP contribution in [0.4, 0.5) is 8.78 Å². The molecule has 0 aliphatic carbocycles. The number of imidazole rings is 2. The number of aromatic nitrogens is 4. The molecule has 0 spiro atoms. The first-order chi connectivity index (χ1) is 24.6. The topological polar surface area (TPSA) is 123 Å². The Balaban J connectivity index is 0.000000275. The van der Waals surface area contributed by atoms with Crippen molar-refractivity contribution in [1.82, 2.24) is 19.1 Å². The smallest absolute Gasteiger partial charge is 0.356 e. The van der Waals surface area contributed by atoms with Gasteiger partial charge in [0, 0.05) is 21.2 Å². The van der Waals surface area contributed by atoms with E-state index in [0.717, 1.165) is 0 Å². The van der Waals surface area contributed by atoms with Crippen LogP contribution in [0.5, 0.6) is 11.5 Å². The van der Waals surface area contributed by atoms with Crippen LogP contribution >= 0.6 is 23.2 Å². The van der Waals surface area contributed by atoms with E-state index >= 15 is 8.78 Å². The second kappa shape index (κ2) is 18.7. The molecule has 0 aliphatic rings. The highest BCUT2D eigenvalue weighted by molar-refractivity contribution is 6.31. The number of carbonyl (C=O) groups excluding carboxylic acids is 2. The fourth-order valence-electron chi connectivity index (χ4n) is 5.35. The Morgan fingerprint density at radius 1 is 0.698 bits per heavy atom. The van der Waals surface area contributed by atoms with Gasteiger partial charge in [-0.05, 0) is 47.5 Å². The molecule has 10 nitrogen and oxygen atoms in total. The lowest BCUT2D eigenvalue weighted by molar-refractivity contribution is 0.0588. The molecule has 14 heteroatoms. The van der Waals surface area contributed by atoms with Crippen LogP contribution in [-0.2, 0) is 17.8 Å². The van der Waals surface area contributed by atoms with Gasteiger partial charge in [0.1, 0.15) is 34.5 Å². The summed E-state index contributed by atoms with van der Waals surface area (Å²) in [5.74, 6) is -1.27. The minimum absolute atomic E-state index is 0. The van der Waals surface area contributed by atoms with Crippen LogP contribution < -0.4 is 15.2 Å². The fraction of sp³-hybridized carbons (Fsp3) is 0.179. The van der Waals surface area contributed by atoms with Gasteiger partial charge in [-0.25, -0.2) is 23.5 Å². The molecule has 0 atom stereocenters. The van der Waals surface area contributed by atoms with E-state index in [-0.39, 0.29) is 39.3 Å². The normalized spacial score (nSPS) is 10.2. The number of amides is 1. The number of nitrogens with zero attached hydrogens (tertiary/aromatic N) is 4. The maximum Gasteiger partial charge on any atom is 0.356 e. The number of hydrogen-bond donors (Lipinski definition) is 1. The van der Waals surface area contributed by atoms with Crippen molar-refractivity contribution in [2.45, 2.75) is 27.9 Å². The second-order valence-electron chi connectivity index (χ2n) is 10.9. The van der Waals surface area contributed by atoms with Crippen molar-refractivity contribution < 1.29 is 32.6 Å². The Morgan fingerprint density at radius 2 is 1.13 bits per heavy atom. The number of nitrogens with two attached hydrogens (primary N) is 1. The van der Waals surface area contributed by atoms with Crippen molar-refractivity contribution in [3.8, 4) is 33.8 Å². The van der Waals surface area contributed by atoms with Crippen LogP contribution in [0.1, 0.15) is 47.0 Å². The van der Waals surface area contributed by atoms with Gasteiger partial charge in [-0.3, -0.25) is 4.79 Å². The molecule has 0 unspecified atom stereocenters. The standard InChI is InChI=1S/C19H16ClFN2O3.C18H15ClFN3O2.2CH4/c1-25-16-7-6-13(10-23-11-22-9-15(23)19(24)26-2)18(21)17(16)12-4-3-5-14(20)8-12;1-25-15-6-5-12(9-23-10-22-8-14(23)18(21)24)17(20)16(15)11-3-2-4-13(19)7-11;;/h3-9,11H,10H2,1-2H3;2-8,10H,9H2,1H3,(H2,21,24);2*1H4. The van der Waals surface area contributed by atoms with Gasteiger partial charge in [0.2, 0.25) is 0 Å². The molecule has 0 saturated carbocycles. The van der Waals surface area contributed by atoms with Crippen LogP contribution in [-0.4, -0.2) is 52.3 Å². The molecule has 0 aliphatic heterocycles. The minimum Gasteiger partial charge on any atom is -0.496 e. The number of benzene rings is 4. The molecule has 53 heavy (non-hydrogen) atoms. The summed E-state index contributed by atoms with van der Waals surface area (Å²) in [4.78, 5) is 31.0. The first-order valence-electron chi connectivity index (χ1n) is 15.2. The van der Waals surface area contributed by atoms with Gasteiger partial charge in [-0.1, -0.05) is 74.5 Å². The molecule has 2 aromatic heterocycles. The number of carbonyl (C=O) groups is 2. The molecule has 2 N–H and O–H groups in total. The summed E-state index contributed by atoms with van der Waals surface area (Å²) in [6, 6.07) is 20.3. The van der Waals surface area contributed by atoms with Crippen LogP contribution in [0.25, 0.3) is 22.3 Å². The van der Waals surface area contributed by atoms with Gasteiger partial charge in [-0.2, -0.15) is 0 Å². The molecular formula is C39H39Cl2F2N5O5. The predicted octanol–water partition coefficient (Wildman–Crippen LogP) is 8.96. The zero-order valence-corrected chi connectivity index (χ0v) is 29.1. The lowest BCUT2D eigenvalue weighted by atomic mass is 10.0. The largest absolute Gasteiger partial charge is 0.496 e. The number of hydrogen-bond acceptors (Lipinski definition) is 7. The molecule has 2 heterocycles. The average Bonchev–Trinajstić information content (AvgIpc) is 3.79. The molecule has 1 amide bonds. The van der Waals surface area contributed by atoms with Gasteiger partial charge in [-0.15, -0.1) is 0 Å². The van der Waals surface area contributed by atoms with Gasteiger partial charge < -0.3 is 29.1 Å². The highest BCUT2D eigenvalue weighted by Gasteiger charge is 2.20. The summed E-state index contributed by atoms with van der Waals surface area (Å²) in [6.07, 6.45) is 5.62. The molecular weight excluding hydrogens is 727 g/mol. The Bertz CT molecular complexity index is 2210. The average molecular weight is 767 g/mol. The van der Waals surface area contributed by atoms with Crippen molar-refractivity contribution in [1.29, 1.82) is 0 Å². The van der Waals surface area contributed by atoms with E-state index in [1.807, 2.05) is 0 Å². The molecule has 4 aromatic carbocycles. The molecule has 0 radical (unpaired) electrons. The van der Waals surface area contributed by atoms with E-state index < -0.39 is 23.5 Å². The van der Waals surface area contributed by atoms with Crippen LogP contribution in [0.3, 0.4) is 0 Å². The van der Waals surface area contributed by atoms with Gasteiger partial charge in [0.25, 0.3) is 5.91 Å². The highest BCUT2D eigenvalue weighted by atomic mass is 35.5. The second-order valence-corrected chi connectivity index (χ2v) is 11.8. The van der Waals surface area contributed by atoms with Crippen molar-refractivity contribution >= 4 is 35.1 Å². The monoisotopic (exact) mass is 765 g/mol. The van der Waals surface area contributed by atoms with Crippen LogP contribution in [0, 0.1) is 11.6 Å². The minimum atomic E-state index is -0.624. The molecule has 0 saturated heterocycles. The van der Waals surface area contributed by atoms with E-state index in [0.29, 0.717) is 54.9 Å². The highest BCUT2D eigenvalue weighted by Crippen LogP contribution is 2.37. The molecule has 0 bridgehead atoms. The van der Waals surface area contributed by atoms with Crippen molar-refractivity contribution in [2.24, 2.45) is 5.73 Å². The number of ether oxygens (including phenoxy) is 3. The lowest BCUT2D eigenvalue weighted by Gasteiger charge is -2.14. The van der Waals surface area contributed by atoms with E-state index in [9.17, 15) is 9.59 Å². The maximum absolute atomic E-state index is 15.3. The van der Waals surface area contributed by atoms with Gasteiger partial charge >= 0.3 is 5.97 Å². The van der Waals surface area contributed by atoms with E-state index in [2.05, 4.69) is 9.97 Å². The Labute approximate surface area is 316 Å². The fourth-order valence-corrected chi connectivity index (χ4v) is 5.73. The van der Waals surface area contributed by atoms with Crippen molar-refractivity contribution in [2.75, 3.05) is 21.3 Å². The van der Waals surface area contributed by atoms with E-state index in [1.54, 1.807) is 72.8 Å². The SMILES string of the molecule is C.C.COC(=O)c1cncn1Cc1ccc(OC)c(-c2cccc(Cl)c2)c1F.COc1ccc(Cn2cncc2C(N)=O)c(F)c1-c1cccc(Cl)c1. The van der Waals surface area contributed by atoms with E-state index in [1.165, 1.54) is 55.5 Å². The maximum atomic E-state index is 15.3. The molecule has 6 aromatic rings. The Kier molecular flexibility index (Phi) is 14.7. The zero-order valence-electron chi connectivity index (χ0n) is 27.6. The number of rotatable bonds is 10. The molecule has 6 rings (SSSR count). The third-order valence-corrected chi connectivity index (χ3v) is 8.26. The Hall–Kier alpha value is -5.72. The first-order valence-corrected chi connectivity index (χ1v) is 15.9. The van der Waals surface area contributed by atoms with Crippen molar-refractivity contribution in [3.05, 3.63) is 142 Å². The number of esters is 1. The van der Waals surface area contributed by atoms with Crippen molar-refractivity contribution in [3.63, 3.8) is 0 Å². The quantitative estimate of drug-likeness (QED) is 0.138. The summed E-state index contributed by atoms with van der Waals surface area (Å²) in [5.41, 5.74) is 8.33. The van der Waals surface area contributed by atoms with Gasteiger partial charge in [0.15, 0.2) is 0 Å². The summed E-state index contributed by atoms with van der Waals surface area (Å²) in [7, 11) is 4.24. The summed E-state index contributed by atoms with van der Waals surface area (Å²) < 4.78 is 48.8. The zero-order chi connectivity index (χ0) is 36.7. The molecule has 278 valence electrons. The third kappa shape index (κ3) is 9.39. The third-order valence-electron chi connectivity index (χ3n) is 7.79. The number of methoxy groups -OCH3 is 3. The summed E-state index contributed by atoms with van der Waals surface area (Å²) in [6.45, 7) is 0.232. The summed E-state index contributed by atoms with van der Waals surface area (Å²) >= 11 is 12.1. The van der Waals surface area contributed by atoms with Crippen LogP contribution in [0.2, 0.25) is 10.0 Å². The first kappa shape index (κ1) is 41.7. The number of halogens is 4. The lowest BCUT2D eigenvalue weighted by Crippen LogP contribution is -2.17.